The van der Waals surface area contributed by atoms with Crippen molar-refractivity contribution in [3.63, 3.8) is 0 Å². The summed E-state index contributed by atoms with van der Waals surface area (Å²) in [4.78, 5) is 24.4. The molecule has 2 heterocycles. The van der Waals surface area contributed by atoms with E-state index in [4.69, 9.17) is 0 Å². The van der Waals surface area contributed by atoms with Gasteiger partial charge < -0.3 is 4.57 Å². The number of aryl methyl sites for hydroxylation is 1. The number of hydrogen-bond donors (Lipinski definition) is 0. The second-order valence-corrected chi connectivity index (χ2v) is 18.0. The number of hydrogen-bond acceptors (Lipinski definition) is 5. The number of nitrogens with zero attached hydrogens (tertiary/aromatic N) is 4. The normalized spacial score (nSPS) is 10.2. The summed E-state index contributed by atoms with van der Waals surface area (Å²) >= 11 is 0. The molecular weight excluding hydrogens is 933 g/mol. The molecule has 0 bridgehead atoms. The van der Waals surface area contributed by atoms with Crippen LogP contribution in [0.4, 0.5) is 11.4 Å². The lowest BCUT2D eigenvalue weighted by atomic mass is 9.84. The van der Waals surface area contributed by atoms with E-state index in [0.717, 1.165) is 16.8 Å². The highest BCUT2D eigenvalue weighted by Crippen LogP contribution is 2.29. The number of benzene rings is 6. The van der Waals surface area contributed by atoms with Crippen molar-refractivity contribution in [3.05, 3.63) is 195 Å². The van der Waals surface area contributed by atoms with Crippen LogP contribution in [0.25, 0.3) is 43.7 Å². The van der Waals surface area contributed by atoms with E-state index >= 15 is 0 Å². The molecule has 0 saturated heterocycles. The number of rotatable bonds is 3. The molecule has 6 aromatic carbocycles. The molecule has 15 heteroatoms. The van der Waals surface area contributed by atoms with Crippen LogP contribution in [0, 0.1) is 27.2 Å². The first-order valence-corrected chi connectivity index (χ1v) is 20.1. The van der Waals surface area contributed by atoms with Gasteiger partial charge in [-0.05, 0) is 130 Å². The monoisotopic (exact) mass is 998 g/mol. The Morgan fingerprint density at radius 1 is 0.493 bits per heavy atom. The summed E-state index contributed by atoms with van der Waals surface area (Å²) in [5.74, 6) is 0. The Morgan fingerprint density at radius 2 is 0.925 bits per heavy atom. The SMILES string of the molecule is CC(C)(C)c1ccc2ccccc2c1.CC(C)(C)n1ccc2cccnc21.Cc1cc(C(C)(C)C)cc2ccccc12.O=[N+]([O-])c1ccc(-c2ccc([N+](=O)[O-])cc2)cc1.[AlH2].[AlH2].[AlH2].[AlH2].[AlH].[Al].[Al]. The molecule has 0 fully saturated rings. The Hall–Kier alpha value is -2.94. The molecule has 0 aliphatic carbocycles. The summed E-state index contributed by atoms with van der Waals surface area (Å²) in [5.41, 5.74) is 7.41. The second-order valence-electron chi connectivity index (χ2n) is 18.0. The van der Waals surface area contributed by atoms with Crippen molar-refractivity contribution in [2.75, 3.05) is 0 Å². The maximum Gasteiger partial charge on any atom is 0.269 e. The lowest BCUT2D eigenvalue weighted by molar-refractivity contribution is -0.385. The van der Waals surface area contributed by atoms with E-state index in [9.17, 15) is 20.2 Å². The van der Waals surface area contributed by atoms with E-state index in [2.05, 4.69) is 176 Å². The smallest absolute Gasteiger partial charge is 0.269 e. The van der Waals surface area contributed by atoms with Crippen molar-refractivity contribution in [3.8, 4) is 11.1 Å². The molecule has 338 valence electrons. The van der Waals surface area contributed by atoms with Crippen LogP contribution in [0.1, 0.15) is 79.0 Å². The van der Waals surface area contributed by atoms with Crippen LogP contribution in [-0.2, 0) is 16.4 Å². The van der Waals surface area contributed by atoms with Gasteiger partial charge in [-0.15, -0.1) is 0 Å². The molecular formula is C52H65Al7N4O4. The third-order valence-electron chi connectivity index (χ3n) is 10.2. The minimum Gasteiger partial charge on any atom is -0.327 e. The van der Waals surface area contributed by atoms with Gasteiger partial charge in [-0.25, -0.2) is 4.98 Å². The molecule has 0 saturated carbocycles. The number of nitro benzene ring substituents is 2. The minimum atomic E-state index is -0.473. The van der Waals surface area contributed by atoms with E-state index in [1.165, 1.54) is 67.9 Å². The van der Waals surface area contributed by atoms with E-state index in [0.29, 0.717) is 0 Å². The maximum atomic E-state index is 10.5. The number of nitro groups is 2. The van der Waals surface area contributed by atoms with Crippen molar-refractivity contribution in [2.45, 2.75) is 85.6 Å². The molecule has 12 radical (unpaired) electrons. The predicted molar refractivity (Wildman–Crippen MR) is 303 cm³/mol. The number of non-ortho nitro benzene ring substituents is 2. The fourth-order valence-electron chi connectivity index (χ4n) is 6.65. The fraction of sp³-hybridized carbons (Fsp3) is 0.250. The molecule has 0 amide bonds. The molecule has 2 aromatic heterocycles. The fourth-order valence-corrected chi connectivity index (χ4v) is 6.65. The lowest BCUT2D eigenvalue weighted by Gasteiger charge is -2.21. The Bertz CT molecular complexity index is 2690. The zero-order valence-corrected chi connectivity index (χ0v) is 54.0. The topological polar surface area (TPSA) is 104 Å². The molecule has 0 unspecified atom stereocenters. The van der Waals surface area contributed by atoms with E-state index in [1.54, 1.807) is 24.3 Å². The van der Waals surface area contributed by atoms with Crippen molar-refractivity contribution < 1.29 is 9.85 Å². The predicted octanol–water partition coefficient (Wildman–Crippen LogP) is 9.47. The summed E-state index contributed by atoms with van der Waals surface area (Å²) in [7, 11) is 0. The Morgan fingerprint density at radius 3 is 1.39 bits per heavy atom. The largest absolute Gasteiger partial charge is 0.327 e. The Balaban J connectivity index is -0.000000792. The molecule has 8 rings (SSSR count). The summed E-state index contributed by atoms with van der Waals surface area (Å²) < 4.78 is 2.20. The Kier molecular flexibility index (Phi) is 30.5. The molecule has 67 heavy (non-hydrogen) atoms. The molecule has 8 aromatic rings. The summed E-state index contributed by atoms with van der Waals surface area (Å²) in [6.45, 7) is 22.3. The van der Waals surface area contributed by atoms with Crippen LogP contribution < -0.4 is 0 Å². The van der Waals surface area contributed by atoms with Gasteiger partial charge in [0.1, 0.15) is 75.1 Å². The Labute approximate surface area is 472 Å². The maximum absolute atomic E-state index is 10.5. The number of fused-ring (bicyclic) bond motifs is 3. The highest BCUT2D eigenvalue weighted by atomic mass is 27.0. The standard InChI is InChI=1S/C15H18.C14H16.C12H8N2O4.C11H14N2.7Al.9H/c1-11-9-13(15(2,3)4)10-12-7-5-6-8-14(11)12;1-14(2,3)13-9-8-11-6-4-5-7-12(11)10-13;15-13(16)11-5-1-9(2-6-11)10-3-7-12(8-4-10)14(17)18;1-11(2,3)13-8-6-9-5-4-7-12-10(9)13;;;;;;;;;;;;;;;;/h5-10H,1-4H3;4-10H,1-3H3;1-8H;4-8H,1-3H3;;;;;;;;;;;;;;;;. The van der Waals surface area contributed by atoms with Crippen LogP contribution >= 0.6 is 0 Å². The average molecular weight is 999 g/mol. The molecule has 0 aliphatic rings. The zero-order valence-electron chi connectivity index (χ0n) is 42.3. The zero-order chi connectivity index (χ0) is 43.8. The molecule has 0 N–H and O–H groups in total. The molecule has 8 nitrogen and oxygen atoms in total. The van der Waals surface area contributed by atoms with Gasteiger partial charge in [0, 0.05) is 82.3 Å². The highest BCUT2D eigenvalue weighted by molar-refractivity contribution is 5.86. The van der Waals surface area contributed by atoms with Crippen molar-refractivity contribution in [1.82, 2.24) is 9.55 Å². The highest BCUT2D eigenvalue weighted by Gasteiger charge is 2.16. The third kappa shape index (κ3) is 19.4. The van der Waals surface area contributed by atoms with Gasteiger partial charge >= 0.3 is 0 Å². The van der Waals surface area contributed by atoms with Crippen LogP contribution in [0.15, 0.2) is 158 Å². The lowest BCUT2D eigenvalue weighted by Crippen LogP contribution is -2.20. The van der Waals surface area contributed by atoms with Crippen LogP contribution in [-0.4, -0.2) is 141 Å². The van der Waals surface area contributed by atoms with E-state index in [-0.39, 0.29) is 149 Å². The molecule has 0 atom stereocenters. The minimum absolute atomic E-state index is 0. The van der Waals surface area contributed by atoms with Gasteiger partial charge in [0.15, 0.2) is 0 Å². The van der Waals surface area contributed by atoms with Crippen LogP contribution in [0.3, 0.4) is 0 Å². The first kappa shape index (κ1) is 68.3. The van der Waals surface area contributed by atoms with Gasteiger partial charge in [0.25, 0.3) is 11.4 Å². The van der Waals surface area contributed by atoms with Gasteiger partial charge in [0.05, 0.1) is 27.2 Å². The summed E-state index contributed by atoms with van der Waals surface area (Å²) in [6.07, 6.45) is 3.93. The van der Waals surface area contributed by atoms with Crippen molar-refractivity contribution >= 4 is 165 Å². The molecule has 0 aliphatic heterocycles. The van der Waals surface area contributed by atoms with Gasteiger partial charge in [-0.3, -0.25) is 20.2 Å². The first-order chi connectivity index (χ1) is 28.2. The quantitative estimate of drug-likeness (QED) is 0.0998. The van der Waals surface area contributed by atoms with E-state index < -0.39 is 9.85 Å². The average Bonchev–Trinajstić information content (AvgIpc) is 3.66. The van der Waals surface area contributed by atoms with Gasteiger partial charge in [-0.2, -0.15) is 0 Å². The second kappa shape index (κ2) is 29.9. The van der Waals surface area contributed by atoms with Crippen LogP contribution in [0.2, 0.25) is 0 Å². The van der Waals surface area contributed by atoms with Gasteiger partial charge in [-0.1, -0.05) is 120 Å². The van der Waals surface area contributed by atoms with Crippen molar-refractivity contribution in [1.29, 1.82) is 0 Å². The van der Waals surface area contributed by atoms with Crippen molar-refractivity contribution in [2.24, 2.45) is 0 Å². The third-order valence-corrected chi connectivity index (χ3v) is 10.2. The first-order valence-electron chi connectivity index (χ1n) is 20.1. The number of aromatic nitrogens is 2. The van der Waals surface area contributed by atoms with Gasteiger partial charge in [0.2, 0.25) is 0 Å². The summed E-state index contributed by atoms with van der Waals surface area (Å²) in [5, 5.41) is 27.6. The summed E-state index contributed by atoms with van der Waals surface area (Å²) in [6, 6.07) is 46.6. The van der Waals surface area contributed by atoms with Crippen LogP contribution in [0.5, 0.6) is 0 Å². The van der Waals surface area contributed by atoms with E-state index in [1.807, 2.05) is 12.3 Å². The number of pyridine rings is 1. The molecule has 0 spiro atoms.